The zero-order valence-electron chi connectivity index (χ0n) is 16.4. The fraction of sp³-hybridized carbons (Fsp3) is 0.125. The number of rotatable bonds is 9. The topological polar surface area (TPSA) is 56.8 Å². The summed E-state index contributed by atoms with van der Waals surface area (Å²) in [5, 5.41) is 3.08. The van der Waals surface area contributed by atoms with Crippen LogP contribution < -0.4 is 19.5 Å². The van der Waals surface area contributed by atoms with E-state index in [1.54, 1.807) is 31.5 Å². The van der Waals surface area contributed by atoms with Crippen molar-refractivity contribution in [2.45, 2.75) is 6.61 Å². The maximum absolute atomic E-state index is 12.3. The van der Waals surface area contributed by atoms with Gasteiger partial charge in [-0.15, -0.1) is 0 Å². The van der Waals surface area contributed by atoms with Gasteiger partial charge >= 0.3 is 0 Å². The van der Waals surface area contributed by atoms with E-state index < -0.39 is 0 Å². The Labute approximate surface area is 170 Å². The molecule has 0 aliphatic rings. The van der Waals surface area contributed by atoms with Crippen LogP contribution in [0.25, 0.3) is 0 Å². The lowest BCUT2D eigenvalue weighted by molar-refractivity contribution is 0.104. The smallest absolute Gasteiger partial charge is 0.187 e. The average Bonchev–Trinajstić information content (AvgIpc) is 2.78. The second kappa shape index (κ2) is 9.99. The first-order valence-corrected chi connectivity index (χ1v) is 9.16. The van der Waals surface area contributed by atoms with Crippen molar-refractivity contribution in [2.75, 3.05) is 19.5 Å². The Morgan fingerprint density at radius 2 is 1.62 bits per heavy atom. The van der Waals surface area contributed by atoms with Gasteiger partial charge in [-0.25, -0.2) is 0 Å². The average molecular weight is 389 g/mol. The van der Waals surface area contributed by atoms with E-state index in [4.69, 9.17) is 14.2 Å². The largest absolute Gasteiger partial charge is 0.493 e. The number of benzene rings is 3. The number of ketones is 1. The fourth-order valence-corrected chi connectivity index (χ4v) is 2.69. The van der Waals surface area contributed by atoms with Crippen molar-refractivity contribution >= 4 is 11.5 Å². The summed E-state index contributed by atoms with van der Waals surface area (Å²) in [5.74, 6) is 1.75. The minimum atomic E-state index is -0.138. The first kappa shape index (κ1) is 20.0. The van der Waals surface area contributed by atoms with Gasteiger partial charge in [-0.05, 0) is 48.0 Å². The van der Waals surface area contributed by atoms with Gasteiger partial charge in [0.1, 0.15) is 12.4 Å². The maximum Gasteiger partial charge on any atom is 0.187 e. The van der Waals surface area contributed by atoms with Crippen molar-refractivity contribution < 1.29 is 19.0 Å². The lowest BCUT2D eigenvalue weighted by Crippen LogP contribution is -1.99. The molecule has 0 spiro atoms. The monoisotopic (exact) mass is 389 g/mol. The van der Waals surface area contributed by atoms with Crippen LogP contribution in [0, 0.1) is 0 Å². The minimum absolute atomic E-state index is 0.138. The summed E-state index contributed by atoms with van der Waals surface area (Å²) < 4.78 is 16.2. The molecule has 0 aromatic heterocycles. The molecule has 3 aromatic carbocycles. The highest BCUT2D eigenvalue weighted by atomic mass is 16.5. The number of methoxy groups -OCH3 is 2. The quantitative estimate of drug-likeness (QED) is 0.408. The van der Waals surface area contributed by atoms with Gasteiger partial charge in [0.05, 0.1) is 14.2 Å². The Morgan fingerprint density at radius 3 is 2.31 bits per heavy atom. The molecule has 0 radical (unpaired) electrons. The van der Waals surface area contributed by atoms with E-state index in [2.05, 4.69) is 5.32 Å². The molecule has 5 nitrogen and oxygen atoms in total. The van der Waals surface area contributed by atoms with Crippen LogP contribution in [0.2, 0.25) is 0 Å². The van der Waals surface area contributed by atoms with Crippen molar-refractivity contribution in [2.24, 2.45) is 0 Å². The Balaban J connectivity index is 1.54. The lowest BCUT2D eigenvalue weighted by Gasteiger charge is -2.08. The van der Waals surface area contributed by atoms with Gasteiger partial charge in [0, 0.05) is 23.5 Å². The molecule has 0 heterocycles. The molecule has 0 bridgehead atoms. The number of carbonyl (C=O) groups is 1. The summed E-state index contributed by atoms with van der Waals surface area (Å²) in [4.78, 5) is 12.3. The van der Waals surface area contributed by atoms with Crippen LogP contribution >= 0.6 is 0 Å². The zero-order chi connectivity index (χ0) is 20.5. The highest BCUT2D eigenvalue weighted by molar-refractivity contribution is 6.05. The van der Waals surface area contributed by atoms with Crippen molar-refractivity contribution in [3.63, 3.8) is 0 Å². The molecular weight excluding hydrogens is 366 g/mol. The SMILES string of the molecule is COc1ccc(C(=O)C=CNc2ccc(OCc3ccccc3)cc2)cc1OC. The van der Waals surface area contributed by atoms with Crippen molar-refractivity contribution in [1.29, 1.82) is 0 Å². The normalized spacial score (nSPS) is 10.6. The van der Waals surface area contributed by atoms with Crippen LogP contribution in [-0.2, 0) is 6.61 Å². The standard InChI is InChI=1S/C24H23NO4/c1-27-23-13-8-19(16-24(23)28-2)22(26)14-15-25-20-9-11-21(12-10-20)29-17-18-6-4-3-5-7-18/h3-16,25H,17H2,1-2H3. The van der Waals surface area contributed by atoms with Gasteiger partial charge in [-0.1, -0.05) is 30.3 Å². The molecule has 0 aliphatic heterocycles. The minimum Gasteiger partial charge on any atom is -0.493 e. The molecular formula is C24H23NO4. The van der Waals surface area contributed by atoms with E-state index in [-0.39, 0.29) is 5.78 Å². The Kier molecular flexibility index (Phi) is 6.90. The number of hydrogen-bond donors (Lipinski definition) is 1. The molecule has 0 fully saturated rings. The molecule has 3 rings (SSSR count). The van der Waals surface area contributed by atoms with Gasteiger partial charge in [0.15, 0.2) is 17.3 Å². The molecule has 1 N–H and O–H groups in total. The highest BCUT2D eigenvalue weighted by Gasteiger charge is 2.08. The Bertz CT molecular complexity index is 966. The van der Waals surface area contributed by atoms with Crippen molar-refractivity contribution in [3.05, 3.63) is 96.2 Å². The molecule has 148 valence electrons. The third-order valence-electron chi connectivity index (χ3n) is 4.26. The Morgan fingerprint density at radius 1 is 0.897 bits per heavy atom. The maximum atomic E-state index is 12.3. The van der Waals surface area contributed by atoms with Gasteiger partial charge in [0.25, 0.3) is 0 Å². The number of carbonyl (C=O) groups excluding carboxylic acids is 1. The van der Waals surface area contributed by atoms with E-state index in [1.807, 2.05) is 54.6 Å². The third kappa shape index (κ3) is 5.62. The van der Waals surface area contributed by atoms with Crippen LogP contribution in [0.4, 0.5) is 5.69 Å². The van der Waals surface area contributed by atoms with E-state index in [0.29, 0.717) is 23.7 Å². The molecule has 0 amide bonds. The van der Waals surface area contributed by atoms with E-state index in [9.17, 15) is 4.79 Å². The third-order valence-corrected chi connectivity index (χ3v) is 4.26. The van der Waals surface area contributed by atoms with Gasteiger partial charge in [-0.3, -0.25) is 4.79 Å². The number of nitrogens with one attached hydrogen (secondary N) is 1. The molecule has 3 aromatic rings. The van der Waals surface area contributed by atoms with E-state index in [0.717, 1.165) is 17.0 Å². The summed E-state index contributed by atoms with van der Waals surface area (Å²) >= 11 is 0. The first-order valence-electron chi connectivity index (χ1n) is 9.16. The number of anilines is 1. The van der Waals surface area contributed by atoms with Crippen LogP contribution in [0.1, 0.15) is 15.9 Å². The number of allylic oxidation sites excluding steroid dienone is 1. The van der Waals surface area contributed by atoms with Crippen LogP contribution in [0.3, 0.4) is 0 Å². The summed E-state index contributed by atoms with van der Waals surface area (Å²) in [6.07, 6.45) is 3.08. The summed E-state index contributed by atoms with van der Waals surface area (Å²) in [7, 11) is 3.10. The Hall–Kier alpha value is -3.73. The van der Waals surface area contributed by atoms with Gasteiger partial charge < -0.3 is 19.5 Å². The van der Waals surface area contributed by atoms with Crippen molar-refractivity contribution in [1.82, 2.24) is 0 Å². The molecule has 0 aliphatic carbocycles. The molecule has 29 heavy (non-hydrogen) atoms. The van der Waals surface area contributed by atoms with Gasteiger partial charge in [0.2, 0.25) is 0 Å². The first-order chi connectivity index (χ1) is 14.2. The molecule has 0 unspecified atom stereocenters. The molecule has 5 heteroatoms. The summed E-state index contributed by atoms with van der Waals surface area (Å²) in [6.45, 7) is 0.521. The number of ether oxygens (including phenoxy) is 3. The lowest BCUT2D eigenvalue weighted by atomic mass is 10.1. The van der Waals surface area contributed by atoms with E-state index >= 15 is 0 Å². The highest BCUT2D eigenvalue weighted by Crippen LogP contribution is 2.27. The van der Waals surface area contributed by atoms with Crippen molar-refractivity contribution in [3.8, 4) is 17.2 Å². The second-order valence-electron chi connectivity index (χ2n) is 6.21. The van der Waals surface area contributed by atoms with Crippen LogP contribution in [0.5, 0.6) is 17.2 Å². The summed E-state index contributed by atoms with van der Waals surface area (Å²) in [6, 6.07) is 22.6. The predicted molar refractivity (Wildman–Crippen MR) is 114 cm³/mol. The van der Waals surface area contributed by atoms with Crippen LogP contribution in [-0.4, -0.2) is 20.0 Å². The molecule has 0 saturated carbocycles. The fourth-order valence-electron chi connectivity index (χ4n) is 2.69. The van der Waals surface area contributed by atoms with Gasteiger partial charge in [-0.2, -0.15) is 0 Å². The second-order valence-corrected chi connectivity index (χ2v) is 6.21. The zero-order valence-corrected chi connectivity index (χ0v) is 16.4. The van der Waals surface area contributed by atoms with E-state index in [1.165, 1.54) is 13.2 Å². The van der Waals surface area contributed by atoms with Crippen LogP contribution in [0.15, 0.2) is 85.1 Å². The predicted octanol–water partition coefficient (Wildman–Crippen LogP) is 5.09. The summed E-state index contributed by atoms with van der Waals surface area (Å²) in [5.41, 5.74) is 2.49. The number of hydrogen-bond acceptors (Lipinski definition) is 5. The molecule has 0 saturated heterocycles. The molecule has 0 atom stereocenters.